The molecule has 2 heterocycles. The van der Waals surface area contributed by atoms with Crippen molar-refractivity contribution in [1.29, 1.82) is 0 Å². The second-order valence-corrected chi connectivity index (χ2v) is 24.3. The van der Waals surface area contributed by atoms with Crippen LogP contribution in [0.4, 0.5) is 34.1 Å². The molecule has 11 rings (SSSR count). The van der Waals surface area contributed by atoms with E-state index in [1.165, 1.54) is 112 Å². The molecule has 2 aliphatic heterocycles. The first-order valence-corrected chi connectivity index (χ1v) is 26.5. The molecule has 5 heteroatoms. The van der Waals surface area contributed by atoms with Gasteiger partial charge in [0, 0.05) is 53.9 Å². The summed E-state index contributed by atoms with van der Waals surface area (Å²) < 4.78 is 2.10. The maximum Gasteiger partial charge on any atom is 0.252 e. The first-order valence-electron chi connectivity index (χ1n) is 24.9. The number of rotatable bonds is 6. The van der Waals surface area contributed by atoms with E-state index >= 15 is 0 Å². The summed E-state index contributed by atoms with van der Waals surface area (Å²) in [6, 6.07) is 73.0. The van der Waals surface area contributed by atoms with E-state index < -0.39 is 0 Å². The van der Waals surface area contributed by atoms with Crippen LogP contribution in [0.25, 0.3) is 44.5 Å². The minimum absolute atomic E-state index is 0.0927. The average molecular weight is 1050 g/mol. The van der Waals surface area contributed by atoms with Gasteiger partial charge in [-0.15, -0.1) is 0 Å². The second kappa shape index (κ2) is 17.7. The smallest absolute Gasteiger partial charge is 0.252 e. The second-order valence-electron chi connectivity index (χ2n) is 22.5. The summed E-state index contributed by atoms with van der Waals surface area (Å²) in [5, 5.41) is 0. The SMILES string of the molecule is CC(C)(C)c1cc(-c2ccccc2)c(N2c3ccc(Br)cc3B3c4cc(Br)ccc4N(c4c(-c5ccccc5)cc(C(C)(C)C)cc4-c4ccccc4)c4cc(C(C)(C)C)cc2c43)c(-c2ccccc2)c1. The van der Waals surface area contributed by atoms with Crippen molar-refractivity contribution in [1.82, 2.24) is 0 Å². The molecule has 2 nitrogen and oxygen atoms in total. The largest absolute Gasteiger partial charge is 0.310 e. The average Bonchev–Trinajstić information content (AvgIpc) is 3.36. The van der Waals surface area contributed by atoms with Crippen LogP contribution in [0.1, 0.15) is 79.0 Å². The van der Waals surface area contributed by atoms with Crippen molar-refractivity contribution in [3.8, 4) is 44.5 Å². The highest BCUT2D eigenvalue weighted by Gasteiger charge is 2.46. The Morgan fingerprint density at radius 2 is 0.606 bits per heavy atom. The lowest BCUT2D eigenvalue weighted by molar-refractivity contribution is 0.590. The van der Waals surface area contributed by atoms with E-state index in [0.29, 0.717) is 0 Å². The van der Waals surface area contributed by atoms with Gasteiger partial charge in [0.05, 0.1) is 11.4 Å². The van der Waals surface area contributed by atoms with E-state index in [1.807, 2.05) is 0 Å². The fourth-order valence-electron chi connectivity index (χ4n) is 10.8. The number of anilines is 6. The molecule has 0 aromatic heterocycles. The Balaban J connectivity index is 1.34. The van der Waals surface area contributed by atoms with E-state index in [-0.39, 0.29) is 23.0 Å². The van der Waals surface area contributed by atoms with Gasteiger partial charge in [-0.1, -0.05) is 228 Å². The van der Waals surface area contributed by atoms with E-state index in [9.17, 15) is 0 Å². The summed E-state index contributed by atoms with van der Waals surface area (Å²) in [7, 11) is 0. The van der Waals surface area contributed by atoms with Crippen molar-refractivity contribution in [2.75, 3.05) is 9.80 Å². The van der Waals surface area contributed by atoms with Crippen molar-refractivity contribution in [2.45, 2.75) is 78.6 Å². The highest BCUT2D eigenvalue weighted by atomic mass is 79.9. The van der Waals surface area contributed by atoms with Gasteiger partial charge in [-0.3, -0.25) is 0 Å². The van der Waals surface area contributed by atoms with Gasteiger partial charge in [0.2, 0.25) is 0 Å². The van der Waals surface area contributed by atoms with Crippen molar-refractivity contribution in [2.24, 2.45) is 0 Å². The lowest BCUT2D eigenvalue weighted by atomic mass is 9.33. The first-order chi connectivity index (χ1) is 34.0. The molecule has 0 bridgehead atoms. The summed E-state index contributed by atoms with van der Waals surface area (Å²) >= 11 is 8.06. The van der Waals surface area contributed by atoms with Gasteiger partial charge in [0.25, 0.3) is 6.71 Å². The fraction of sp³-hybridized carbons (Fsp3) is 0.182. The normalized spacial score (nSPS) is 13.2. The topological polar surface area (TPSA) is 6.48 Å². The number of fused-ring (bicyclic) bond motifs is 4. The molecule has 0 unspecified atom stereocenters. The zero-order chi connectivity index (χ0) is 49.6. The summed E-state index contributed by atoms with van der Waals surface area (Å²) in [4.78, 5) is 5.28. The monoisotopic (exact) mass is 1050 g/mol. The number of nitrogens with zero attached hydrogens (tertiary/aromatic N) is 2. The molecular formula is C66H59BBr2N2. The molecule has 9 aromatic carbocycles. The minimum atomic E-state index is -0.209. The van der Waals surface area contributed by atoms with Crippen LogP contribution in [0, 0.1) is 0 Å². The summed E-state index contributed by atoms with van der Waals surface area (Å²) in [5.74, 6) is 0. The third-order valence-electron chi connectivity index (χ3n) is 14.6. The Labute approximate surface area is 438 Å². The number of hydrogen-bond acceptors (Lipinski definition) is 2. The maximum atomic E-state index is 4.03. The molecule has 2 aliphatic rings. The molecule has 9 aromatic rings. The predicted molar refractivity (Wildman–Crippen MR) is 314 cm³/mol. The Bertz CT molecular complexity index is 3150. The van der Waals surface area contributed by atoms with Crippen LogP contribution < -0.4 is 26.2 Å². The molecule has 0 saturated heterocycles. The number of hydrogen-bond donors (Lipinski definition) is 0. The van der Waals surface area contributed by atoms with Gasteiger partial charge in [0.1, 0.15) is 0 Å². The fourth-order valence-corrected chi connectivity index (χ4v) is 11.6. The molecule has 0 atom stereocenters. The zero-order valence-corrected chi connectivity index (χ0v) is 45.4. The Hall–Kier alpha value is -6.40. The van der Waals surface area contributed by atoms with Gasteiger partial charge in [-0.05, 0) is 132 Å². The van der Waals surface area contributed by atoms with Crippen LogP contribution in [0.5, 0.6) is 0 Å². The van der Waals surface area contributed by atoms with Crippen molar-refractivity contribution in [3.63, 3.8) is 0 Å². The Morgan fingerprint density at radius 3 is 0.887 bits per heavy atom. The highest BCUT2D eigenvalue weighted by molar-refractivity contribution is 9.10. The van der Waals surface area contributed by atoms with Crippen molar-refractivity contribution >= 4 is 89.1 Å². The quantitative estimate of drug-likeness (QED) is 0.153. The predicted octanol–water partition coefficient (Wildman–Crippen LogP) is 17.9. The molecule has 0 amide bonds. The third-order valence-corrected chi connectivity index (χ3v) is 15.6. The standard InChI is InChI=1S/C66H59BBr2N2/c1-64(2,3)46-34-51(42-22-14-10-15-23-42)62(52(35-46)43-24-16-11-17-25-43)70-57-32-30-49(68)40-55(57)67-56-41-50(69)31-33-58(56)71(60-39-48(66(7,8)9)38-59(70)61(60)67)63-53(44-26-18-12-19-27-44)36-47(65(4,5)6)37-54(63)45-28-20-13-21-29-45/h10-41H,1-9H3. The van der Waals surface area contributed by atoms with Crippen LogP contribution in [-0.2, 0) is 16.2 Å². The van der Waals surface area contributed by atoms with E-state index in [0.717, 1.165) is 8.95 Å². The van der Waals surface area contributed by atoms with Gasteiger partial charge in [-0.25, -0.2) is 0 Å². The van der Waals surface area contributed by atoms with E-state index in [1.54, 1.807) is 0 Å². The third kappa shape index (κ3) is 8.39. The van der Waals surface area contributed by atoms with E-state index in [4.69, 9.17) is 0 Å². The number of halogens is 2. The summed E-state index contributed by atoms with van der Waals surface area (Å²) in [6.45, 7) is 21.0. The molecule has 0 aliphatic carbocycles. The van der Waals surface area contributed by atoms with Crippen LogP contribution >= 0.6 is 31.9 Å². The molecular weight excluding hydrogens is 991 g/mol. The maximum absolute atomic E-state index is 4.03. The van der Waals surface area contributed by atoms with E-state index in [2.05, 4.69) is 298 Å². The van der Waals surface area contributed by atoms with Gasteiger partial charge >= 0.3 is 0 Å². The number of benzene rings is 9. The van der Waals surface area contributed by atoms with Crippen LogP contribution in [-0.4, -0.2) is 6.71 Å². The van der Waals surface area contributed by atoms with Crippen molar-refractivity contribution < 1.29 is 0 Å². The lowest BCUT2D eigenvalue weighted by Crippen LogP contribution is -2.61. The van der Waals surface area contributed by atoms with Gasteiger partial charge in [0.15, 0.2) is 0 Å². The highest BCUT2D eigenvalue weighted by Crippen LogP contribution is 2.55. The molecule has 0 spiro atoms. The summed E-state index contributed by atoms with van der Waals surface area (Å²) in [5.41, 5.74) is 23.8. The van der Waals surface area contributed by atoms with Gasteiger partial charge < -0.3 is 9.80 Å². The van der Waals surface area contributed by atoms with Crippen molar-refractivity contribution in [3.05, 3.63) is 220 Å². The molecule has 71 heavy (non-hydrogen) atoms. The molecule has 0 saturated carbocycles. The van der Waals surface area contributed by atoms with Crippen LogP contribution in [0.2, 0.25) is 0 Å². The Kier molecular flexibility index (Phi) is 11.7. The molecule has 350 valence electrons. The van der Waals surface area contributed by atoms with Crippen LogP contribution in [0.3, 0.4) is 0 Å². The van der Waals surface area contributed by atoms with Crippen LogP contribution in [0.15, 0.2) is 203 Å². The molecule has 0 N–H and O–H groups in total. The van der Waals surface area contributed by atoms with Gasteiger partial charge in [-0.2, -0.15) is 0 Å². The lowest BCUT2D eigenvalue weighted by Gasteiger charge is -2.46. The molecule has 0 fully saturated rings. The minimum Gasteiger partial charge on any atom is -0.310 e. The molecule has 0 radical (unpaired) electrons. The summed E-state index contributed by atoms with van der Waals surface area (Å²) in [6.07, 6.45) is 0. The first kappa shape index (κ1) is 47.0. The Morgan fingerprint density at radius 1 is 0.324 bits per heavy atom. The zero-order valence-electron chi connectivity index (χ0n) is 42.2.